The number of amides is 6. The maximum atomic E-state index is 12.0. The molecular formula is C15H24N6O6. The maximum Gasteiger partial charge on any atom is 0.242 e. The molecule has 0 spiro atoms. The molecule has 1 fully saturated rings. The van der Waals surface area contributed by atoms with Crippen molar-refractivity contribution in [1.82, 2.24) is 31.9 Å². The van der Waals surface area contributed by atoms with Crippen LogP contribution in [-0.4, -0.2) is 73.2 Å². The van der Waals surface area contributed by atoms with E-state index in [0.717, 1.165) is 0 Å². The molecule has 27 heavy (non-hydrogen) atoms. The normalized spacial score (nSPS) is 27.0. The summed E-state index contributed by atoms with van der Waals surface area (Å²) in [6.45, 7) is 3.04. The molecule has 0 saturated carbocycles. The van der Waals surface area contributed by atoms with Gasteiger partial charge >= 0.3 is 0 Å². The summed E-state index contributed by atoms with van der Waals surface area (Å²) in [5.74, 6) is -3.67. The topological polar surface area (TPSA) is 175 Å². The lowest BCUT2D eigenvalue weighted by atomic mass is 10.2. The second-order valence-corrected chi connectivity index (χ2v) is 6.02. The zero-order valence-electron chi connectivity index (χ0n) is 15.3. The van der Waals surface area contributed by atoms with Crippen LogP contribution in [0, 0.1) is 0 Å². The third-order valence-corrected chi connectivity index (χ3v) is 3.59. The highest BCUT2D eigenvalue weighted by Crippen LogP contribution is 1.89. The summed E-state index contributed by atoms with van der Waals surface area (Å²) in [6.07, 6.45) is 0. The Bertz CT molecular complexity index is 636. The van der Waals surface area contributed by atoms with E-state index in [2.05, 4.69) is 31.9 Å². The van der Waals surface area contributed by atoms with Crippen LogP contribution in [-0.2, 0) is 28.8 Å². The zero-order valence-corrected chi connectivity index (χ0v) is 15.3. The van der Waals surface area contributed by atoms with Crippen LogP contribution in [0.3, 0.4) is 0 Å². The van der Waals surface area contributed by atoms with Crippen molar-refractivity contribution in [3.05, 3.63) is 0 Å². The number of hydrogen-bond donors (Lipinski definition) is 6. The quantitative estimate of drug-likeness (QED) is 0.247. The van der Waals surface area contributed by atoms with Gasteiger partial charge in [0.05, 0.1) is 19.6 Å². The van der Waals surface area contributed by atoms with Crippen LogP contribution in [0.1, 0.15) is 20.8 Å². The number of rotatable bonds is 0. The van der Waals surface area contributed by atoms with Gasteiger partial charge in [0.15, 0.2) is 0 Å². The summed E-state index contributed by atoms with van der Waals surface area (Å²) in [7, 11) is 0. The SMILES string of the molecule is CC1NC(=O)CNC(=O)C(C)NC(=O)C(C)NC(=O)CNC(=O)CNC1=O. The summed E-state index contributed by atoms with van der Waals surface area (Å²) in [5.41, 5.74) is 0. The Morgan fingerprint density at radius 1 is 0.519 bits per heavy atom. The maximum absolute atomic E-state index is 12.0. The van der Waals surface area contributed by atoms with Gasteiger partial charge in [0, 0.05) is 0 Å². The first-order valence-electron chi connectivity index (χ1n) is 8.31. The molecule has 3 atom stereocenters. The fourth-order valence-corrected chi connectivity index (χ4v) is 2.00. The molecule has 0 aromatic carbocycles. The molecule has 0 bridgehead atoms. The molecule has 0 aromatic heterocycles. The molecule has 150 valence electrons. The minimum absolute atomic E-state index is 0.392. The van der Waals surface area contributed by atoms with E-state index >= 15 is 0 Å². The van der Waals surface area contributed by atoms with Crippen LogP contribution < -0.4 is 31.9 Å². The molecule has 1 aliphatic heterocycles. The van der Waals surface area contributed by atoms with Gasteiger partial charge in [-0.2, -0.15) is 0 Å². The highest BCUT2D eigenvalue weighted by molar-refractivity contribution is 5.95. The molecule has 1 rings (SSSR count). The van der Waals surface area contributed by atoms with Gasteiger partial charge in [-0.05, 0) is 20.8 Å². The van der Waals surface area contributed by atoms with Gasteiger partial charge in [-0.3, -0.25) is 28.8 Å². The first kappa shape index (κ1) is 21.9. The first-order chi connectivity index (χ1) is 12.6. The van der Waals surface area contributed by atoms with Crippen LogP contribution in [0.2, 0.25) is 0 Å². The molecule has 6 N–H and O–H groups in total. The lowest BCUT2D eigenvalue weighted by Crippen LogP contribution is -2.55. The van der Waals surface area contributed by atoms with E-state index in [1.807, 2.05) is 0 Å². The van der Waals surface area contributed by atoms with Gasteiger partial charge in [0.2, 0.25) is 35.4 Å². The van der Waals surface area contributed by atoms with Crippen LogP contribution in [0.25, 0.3) is 0 Å². The van der Waals surface area contributed by atoms with E-state index in [4.69, 9.17) is 0 Å². The predicted octanol–water partition coefficient (Wildman–Crippen LogP) is -4.14. The second-order valence-electron chi connectivity index (χ2n) is 6.02. The lowest BCUT2D eigenvalue weighted by molar-refractivity contribution is -0.133. The van der Waals surface area contributed by atoms with Gasteiger partial charge in [-0.15, -0.1) is 0 Å². The van der Waals surface area contributed by atoms with Gasteiger partial charge < -0.3 is 31.9 Å². The molecular weight excluding hydrogens is 360 g/mol. The van der Waals surface area contributed by atoms with Crippen LogP contribution >= 0.6 is 0 Å². The van der Waals surface area contributed by atoms with Crippen LogP contribution in [0.4, 0.5) is 0 Å². The van der Waals surface area contributed by atoms with Crippen LogP contribution in [0.15, 0.2) is 0 Å². The highest BCUT2D eigenvalue weighted by atomic mass is 16.2. The lowest BCUT2D eigenvalue weighted by Gasteiger charge is -2.19. The highest BCUT2D eigenvalue weighted by Gasteiger charge is 2.22. The summed E-state index contributed by atoms with van der Waals surface area (Å²) in [6, 6.07) is -2.85. The molecule has 6 amide bonds. The monoisotopic (exact) mass is 384 g/mol. The Hall–Kier alpha value is -3.18. The standard InChI is InChI=1S/C15H24N6O6/c1-7-13(25)17-4-10(22)16-5-11(23)20-9(3)15(27)21-8(2)14(26)18-6-12(24)19-7/h7-9H,4-6H2,1-3H3,(H,16,22)(H,17,25)(H,18,26)(H,19,24)(H,20,23)(H,21,27). The zero-order chi connectivity index (χ0) is 20.6. The fraction of sp³-hybridized carbons (Fsp3) is 0.600. The Morgan fingerprint density at radius 3 is 1.41 bits per heavy atom. The Kier molecular flexibility index (Phi) is 8.17. The minimum Gasteiger partial charge on any atom is -0.346 e. The van der Waals surface area contributed by atoms with E-state index in [-0.39, 0.29) is 0 Å². The third-order valence-electron chi connectivity index (χ3n) is 3.59. The molecule has 12 heteroatoms. The van der Waals surface area contributed by atoms with E-state index in [9.17, 15) is 28.8 Å². The molecule has 1 aliphatic rings. The summed E-state index contributed by atoms with van der Waals surface area (Å²) in [4.78, 5) is 70.9. The van der Waals surface area contributed by atoms with Crippen molar-refractivity contribution in [2.24, 2.45) is 0 Å². The fourth-order valence-electron chi connectivity index (χ4n) is 2.00. The van der Waals surface area contributed by atoms with Crippen molar-refractivity contribution in [3.63, 3.8) is 0 Å². The van der Waals surface area contributed by atoms with Crippen molar-refractivity contribution in [2.75, 3.05) is 19.6 Å². The van der Waals surface area contributed by atoms with E-state index < -0.39 is 73.2 Å². The van der Waals surface area contributed by atoms with Gasteiger partial charge in [0.1, 0.15) is 18.1 Å². The molecule has 0 aromatic rings. The molecule has 12 nitrogen and oxygen atoms in total. The smallest absolute Gasteiger partial charge is 0.242 e. The van der Waals surface area contributed by atoms with Gasteiger partial charge in [-0.25, -0.2) is 0 Å². The molecule has 1 heterocycles. The van der Waals surface area contributed by atoms with E-state index in [1.165, 1.54) is 20.8 Å². The van der Waals surface area contributed by atoms with Crippen LogP contribution in [0.5, 0.6) is 0 Å². The number of hydrogen-bond acceptors (Lipinski definition) is 6. The van der Waals surface area contributed by atoms with Crippen molar-refractivity contribution >= 4 is 35.4 Å². The molecule has 3 unspecified atom stereocenters. The molecule has 0 aliphatic carbocycles. The Labute approximate surface area is 155 Å². The van der Waals surface area contributed by atoms with Crippen molar-refractivity contribution in [3.8, 4) is 0 Å². The summed E-state index contributed by atoms with van der Waals surface area (Å²) >= 11 is 0. The van der Waals surface area contributed by atoms with Gasteiger partial charge in [-0.1, -0.05) is 0 Å². The second kappa shape index (κ2) is 10.1. The Balaban J connectivity index is 2.81. The van der Waals surface area contributed by atoms with Crippen molar-refractivity contribution in [1.29, 1.82) is 0 Å². The van der Waals surface area contributed by atoms with Crippen molar-refractivity contribution in [2.45, 2.75) is 38.9 Å². The van der Waals surface area contributed by atoms with Gasteiger partial charge in [0.25, 0.3) is 0 Å². The average molecular weight is 384 g/mol. The number of carbonyl (C=O) groups is 6. The number of carbonyl (C=O) groups excluding carboxylic acids is 6. The summed E-state index contributed by atoms with van der Waals surface area (Å²) in [5, 5.41) is 14.0. The third kappa shape index (κ3) is 7.71. The van der Waals surface area contributed by atoms with E-state index in [0.29, 0.717) is 0 Å². The molecule has 1 saturated heterocycles. The summed E-state index contributed by atoms with van der Waals surface area (Å²) < 4.78 is 0. The first-order valence-corrected chi connectivity index (χ1v) is 8.31. The van der Waals surface area contributed by atoms with E-state index in [1.54, 1.807) is 0 Å². The van der Waals surface area contributed by atoms with Crippen molar-refractivity contribution < 1.29 is 28.8 Å². The average Bonchev–Trinajstić information content (AvgIpc) is 2.61. The Morgan fingerprint density at radius 2 is 0.889 bits per heavy atom. The number of nitrogens with one attached hydrogen (secondary N) is 6. The largest absolute Gasteiger partial charge is 0.346 e. The minimum atomic E-state index is -0.955. The predicted molar refractivity (Wildman–Crippen MR) is 91.8 cm³/mol. The molecule has 0 radical (unpaired) electrons.